The van der Waals surface area contributed by atoms with Gasteiger partial charge in [-0.15, -0.1) is 0 Å². The van der Waals surface area contributed by atoms with Crippen LogP contribution in [0.2, 0.25) is 0 Å². The third-order valence-electron chi connectivity index (χ3n) is 2.12. The van der Waals surface area contributed by atoms with Gasteiger partial charge in [0.05, 0.1) is 0 Å². The van der Waals surface area contributed by atoms with Crippen LogP contribution in [0.5, 0.6) is 5.75 Å². The number of phenolic OH excluding ortho intramolecular Hbond substituents is 1. The fraction of sp³-hybridized carbons (Fsp3) is 0.364. The minimum atomic E-state index is -0.776. The third-order valence-corrected chi connectivity index (χ3v) is 2.12. The molecule has 1 atom stereocenters. The minimum Gasteiger partial charge on any atom is -0.508 e. The molecule has 1 aromatic rings. The normalized spacial score (nSPS) is 12.4. The Labute approximate surface area is 93.3 Å². The number of aromatic hydroxyl groups is 1. The van der Waals surface area contributed by atoms with Crippen LogP contribution in [-0.4, -0.2) is 17.6 Å². The number of halogens is 1. The first kappa shape index (κ1) is 12.4. The van der Waals surface area contributed by atoms with Crippen molar-refractivity contribution in [3.8, 4) is 5.75 Å². The molecule has 0 saturated carbocycles. The summed E-state index contributed by atoms with van der Waals surface area (Å²) in [5.74, 6) is -1.42. The number of carbonyl (C=O) groups is 1. The minimum absolute atomic E-state index is 0.223. The van der Waals surface area contributed by atoms with Gasteiger partial charge in [0, 0.05) is 6.07 Å². The van der Waals surface area contributed by atoms with E-state index in [9.17, 15) is 14.3 Å². The molecule has 0 spiro atoms. The second-order valence-corrected chi connectivity index (χ2v) is 3.53. The van der Waals surface area contributed by atoms with Crippen molar-refractivity contribution in [1.29, 1.82) is 0 Å². The van der Waals surface area contributed by atoms with Crippen LogP contribution in [0.3, 0.4) is 0 Å². The molecule has 0 aliphatic carbocycles. The van der Waals surface area contributed by atoms with Crippen molar-refractivity contribution < 1.29 is 14.3 Å². The number of phenols is 1. The van der Waals surface area contributed by atoms with Crippen LogP contribution in [0.1, 0.15) is 24.9 Å². The highest BCUT2D eigenvalue weighted by Crippen LogP contribution is 2.20. The maximum atomic E-state index is 13.0. The lowest BCUT2D eigenvalue weighted by Crippen LogP contribution is -2.34. The number of nitrogens with two attached hydrogens (primary N) is 1. The molecule has 4 nitrogen and oxygen atoms in total. The molecule has 0 radical (unpaired) electrons. The Bertz CT molecular complexity index is 362. The maximum Gasteiger partial charge on any atom is 0.239 e. The summed E-state index contributed by atoms with van der Waals surface area (Å²) in [6.07, 6.45) is 0.824. The van der Waals surface area contributed by atoms with E-state index in [1.54, 1.807) is 0 Å². The second kappa shape index (κ2) is 5.46. The van der Waals surface area contributed by atoms with E-state index in [2.05, 4.69) is 5.32 Å². The summed E-state index contributed by atoms with van der Waals surface area (Å²) in [6, 6.07) is 2.70. The van der Waals surface area contributed by atoms with Crippen LogP contribution in [0.15, 0.2) is 18.2 Å². The Morgan fingerprint density at radius 2 is 2.25 bits per heavy atom. The lowest BCUT2D eigenvalue weighted by atomic mass is 10.1. The van der Waals surface area contributed by atoms with E-state index in [0.29, 0.717) is 12.1 Å². The largest absolute Gasteiger partial charge is 0.508 e. The van der Waals surface area contributed by atoms with Gasteiger partial charge in [-0.05, 0) is 30.7 Å². The number of hydrogen-bond acceptors (Lipinski definition) is 3. The fourth-order valence-corrected chi connectivity index (χ4v) is 1.43. The van der Waals surface area contributed by atoms with Gasteiger partial charge in [-0.25, -0.2) is 4.39 Å². The van der Waals surface area contributed by atoms with Gasteiger partial charge in [-0.2, -0.15) is 0 Å². The SMILES string of the molecule is CCCNC(C(N)=O)c1cc(O)cc(F)c1. The smallest absolute Gasteiger partial charge is 0.239 e. The highest BCUT2D eigenvalue weighted by atomic mass is 19.1. The van der Waals surface area contributed by atoms with Gasteiger partial charge in [0.25, 0.3) is 0 Å². The Hall–Kier alpha value is -1.62. The van der Waals surface area contributed by atoms with Crippen molar-refractivity contribution >= 4 is 5.91 Å². The van der Waals surface area contributed by atoms with Crippen molar-refractivity contribution in [3.63, 3.8) is 0 Å². The summed E-state index contributed by atoms with van der Waals surface area (Å²) in [5.41, 5.74) is 5.54. The van der Waals surface area contributed by atoms with Crippen molar-refractivity contribution in [2.45, 2.75) is 19.4 Å². The number of primary amides is 1. The van der Waals surface area contributed by atoms with E-state index in [1.165, 1.54) is 12.1 Å². The van der Waals surface area contributed by atoms with Gasteiger partial charge < -0.3 is 16.2 Å². The first-order valence-corrected chi connectivity index (χ1v) is 5.06. The molecule has 0 aromatic heterocycles. The average molecular weight is 226 g/mol. The molecular weight excluding hydrogens is 211 g/mol. The van der Waals surface area contributed by atoms with Gasteiger partial charge >= 0.3 is 0 Å². The maximum absolute atomic E-state index is 13.0. The topological polar surface area (TPSA) is 75.3 Å². The van der Waals surface area contributed by atoms with E-state index in [0.717, 1.165) is 12.5 Å². The first-order valence-electron chi connectivity index (χ1n) is 5.06. The van der Waals surface area contributed by atoms with Crippen molar-refractivity contribution in [2.75, 3.05) is 6.54 Å². The molecule has 0 fully saturated rings. The molecule has 1 unspecified atom stereocenters. The molecule has 1 aromatic carbocycles. The third kappa shape index (κ3) is 3.20. The van der Waals surface area contributed by atoms with Gasteiger partial charge in [0.1, 0.15) is 17.6 Å². The number of carbonyl (C=O) groups excluding carboxylic acids is 1. The summed E-state index contributed by atoms with van der Waals surface area (Å²) in [4.78, 5) is 11.2. The van der Waals surface area contributed by atoms with Crippen LogP contribution >= 0.6 is 0 Å². The van der Waals surface area contributed by atoms with E-state index < -0.39 is 17.8 Å². The number of nitrogens with one attached hydrogen (secondary N) is 1. The number of hydrogen-bond donors (Lipinski definition) is 3. The quantitative estimate of drug-likeness (QED) is 0.702. The Balaban J connectivity index is 2.96. The Morgan fingerprint density at radius 1 is 1.56 bits per heavy atom. The fourth-order valence-electron chi connectivity index (χ4n) is 1.43. The standard InChI is InChI=1S/C11H15FN2O2/c1-2-3-14-10(11(13)16)7-4-8(12)6-9(15)5-7/h4-6,10,14-15H,2-3H2,1H3,(H2,13,16). The van der Waals surface area contributed by atoms with Crippen LogP contribution < -0.4 is 11.1 Å². The zero-order valence-electron chi connectivity index (χ0n) is 9.03. The summed E-state index contributed by atoms with van der Waals surface area (Å²) in [5, 5.41) is 12.1. The molecule has 4 N–H and O–H groups in total. The molecular formula is C11H15FN2O2. The van der Waals surface area contributed by atoms with Gasteiger partial charge in [-0.3, -0.25) is 4.79 Å². The lowest BCUT2D eigenvalue weighted by Gasteiger charge is -2.15. The van der Waals surface area contributed by atoms with Crippen LogP contribution in [0.4, 0.5) is 4.39 Å². The van der Waals surface area contributed by atoms with Gasteiger partial charge in [-0.1, -0.05) is 6.92 Å². The van der Waals surface area contributed by atoms with E-state index in [1.807, 2.05) is 6.92 Å². The van der Waals surface area contributed by atoms with E-state index >= 15 is 0 Å². The van der Waals surface area contributed by atoms with Crippen molar-refractivity contribution in [3.05, 3.63) is 29.6 Å². The van der Waals surface area contributed by atoms with E-state index in [4.69, 9.17) is 5.73 Å². The molecule has 0 aliphatic rings. The summed E-state index contributed by atoms with van der Waals surface area (Å²) in [7, 11) is 0. The second-order valence-electron chi connectivity index (χ2n) is 3.53. The Morgan fingerprint density at radius 3 is 2.75 bits per heavy atom. The molecule has 16 heavy (non-hydrogen) atoms. The average Bonchev–Trinajstić information content (AvgIpc) is 2.16. The zero-order valence-corrected chi connectivity index (χ0v) is 9.03. The van der Waals surface area contributed by atoms with Gasteiger partial charge in [0.15, 0.2) is 0 Å². The van der Waals surface area contributed by atoms with Crippen molar-refractivity contribution in [1.82, 2.24) is 5.32 Å². The predicted octanol–water partition coefficient (Wildman–Crippen LogP) is 1.06. The van der Waals surface area contributed by atoms with Crippen molar-refractivity contribution in [2.24, 2.45) is 5.73 Å². The van der Waals surface area contributed by atoms with Crippen LogP contribution in [0.25, 0.3) is 0 Å². The van der Waals surface area contributed by atoms with Gasteiger partial charge in [0.2, 0.25) is 5.91 Å². The number of amides is 1. The number of benzene rings is 1. The highest BCUT2D eigenvalue weighted by Gasteiger charge is 2.18. The molecule has 88 valence electrons. The van der Waals surface area contributed by atoms with Crippen LogP contribution in [-0.2, 0) is 4.79 Å². The first-order chi connectivity index (χ1) is 7.54. The molecule has 1 rings (SSSR count). The molecule has 0 aliphatic heterocycles. The molecule has 1 amide bonds. The molecule has 5 heteroatoms. The van der Waals surface area contributed by atoms with E-state index in [-0.39, 0.29) is 5.75 Å². The molecule has 0 bridgehead atoms. The monoisotopic (exact) mass is 226 g/mol. The number of rotatable bonds is 5. The highest BCUT2D eigenvalue weighted by molar-refractivity contribution is 5.81. The summed E-state index contributed by atoms with van der Waals surface area (Å²) in [6.45, 7) is 2.53. The Kier molecular flexibility index (Phi) is 4.25. The summed E-state index contributed by atoms with van der Waals surface area (Å²) < 4.78 is 13.0. The lowest BCUT2D eigenvalue weighted by molar-refractivity contribution is -0.120. The van der Waals surface area contributed by atoms with Crippen LogP contribution in [0, 0.1) is 5.82 Å². The molecule has 0 heterocycles. The molecule has 0 saturated heterocycles. The predicted molar refractivity (Wildman–Crippen MR) is 58.3 cm³/mol. The zero-order chi connectivity index (χ0) is 12.1. The summed E-state index contributed by atoms with van der Waals surface area (Å²) >= 11 is 0.